The number of hydrogen-bond acceptors (Lipinski definition) is 5. The monoisotopic (exact) mass is 446 g/mol. The van der Waals surface area contributed by atoms with Crippen LogP contribution in [0.5, 0.6) is 5.75 Å². The molecule has 0 aliphatic carbocycles. The van der Waals surface area contributed by atoms with E-state index in [1.165, 1.54) is 7.11 Å². The predicted molar refractivity (Wildman–Crippen MR) is 120 cm³/mol. The third-order valence-electron chi connectivity index (χ3n) is 5.50. The van der Waals surface area contributed by atoms with Crippen LogP contribution >= 0.6 is 0 Å². The topological polar surface area (TPSA) is 84.9 Å². The molecule has 0 spiro atoms. The van der Waals surface area contributed by atoms with E-state index in [1.807, 2.05) is 26.8 Å². The molecule has 1 heterocycles. The Kier molecular flexibility index (Phi) is 7.23. The molecule has 0 unspecified atom stereocenters. The first kappa shape index (κ1) is 23.1. The van der Waals surface area contributed by atoms with Gasteiger partial charge in [0.05, 0.1) is 18.9 Å². The predicted octanol–water partition coefficient (Wildman–Crippen LogP) is 3.11. The first-order valence-corrected chi connectivity index (χ1v) is 11.8. The van der Waals surface area contributed by atoms with Gasteiger partial charge in [-0.3, -0.25) is 9.10 Å². The maximum absolute atomic E-state index is 13.7. The van der Waals surface area contributed by atoms with Gasteiger partial charge in [-0.2, -0.15) is 0 Å². The van der Waals surface area contributed by atoms with Crippen molar-refractivity contribution in [1.29, 1.82) is 0 Å². The minimum Gasteiger partial charge on any atom is -0.495 e. The van der Waals surface area contributed by atoms with E-state index >= 15 is 0 Å². The van der Waals surface area contributed by atoms with Gasteiger partial charge in [0.15, 0.2) is 0 Å². The Labute approximate surface area is 184 Å². The van der Waals surface area contributed by atoms with Crippen molar-refractivity contribution in [3.05, 3.63) is 53.1 Å². The fraction of sp³-hybridized carbons (Fsp3) is 0.435. The van der Waals surface area contributed by atoms with Crippen LogP contribution in [0.25, 0.3) is 0 Å². The molecule has 1 fully saturated rings. The molecule has 31 heavy (non-hydrogen) atoms. The summed E-state index contributed by atoms with van der Waals surface area (Å²) in [5.41, 5.74) is 3.19. The van der Waals surface area contributed by atoms with Gasteiger partial charge in [0, 0.05) is 13.2 Å². The van der Waals surface area contributed by atoms with Crippen LogP contribution in [0.15, 0.2) is 41.3 Å². The summed E-state index contributed by atoms with van der Waals surface area (Å²) in [6.45, 7) is 6.40. The highest BCUT2D eigenvalue weighted by Gasteiger charge is 2.30. The molecule has 168 valence electrons. The lowest BCUT2D eigenvalue weighted by atomic mass is 10.1. The lowest BCUT2D eigenvalue weighted by Gasteiger charge is -2.26. The van der Waals surface area contributed by atoms with Crippen molar-refractivity contribution in [2.75, 3.05) is 31.1 Å². The molecule has 1 saturated heterocycles. The highest BCUT2D eigenvalue weighted by molar-refractivity contribution is 7.93. The van der Waals surface area contributed by atoms with E-state index in [0.717, 1.165) is 33.8 Å². The van der Waals surface area contributed by atoms with Crippen molar-refractivity contribution in [2.45, 2.75) is 44.6 Å². The number of nitrogens with one attached hydrogen (secondary N) is 1. The van der Waals surface area contributed by atoms with Crippen molar-refractivity contribution in [3.63, 3.8) is 0 Å². The zero-order valence-corrected chi connectivity index (χ0v) is 19.3. The summed E-state index contributed by atoms with van der Waals surface area (Å²) in [6, 6.07) is 10.3. The Morgan fingerprint density at radius 2 is 1.94 bits per heavy atom. The molecule has 7 nitrogen and oxygen atoms in total. The van der Waals surface area contributed by atoms with Gasteiger partial charge in [-0.15, -0.1) is 0 Å². The Bertz CT molecular complexity index is 1050. The molecular weight excluding hydrogens is 416 g/mol. The van der Waals surface area contributed by atoms with Crippen LogP contribution in [0.1, 0.15) is 29.5 Å². The minimum absolute atomic E-state index is 0.0208. The Balaban J connectivity index is 1.95. The SMILES string of the molecule is COc1ccc(C)cc1S(=O)(=O)N(CC(=O)NC[C@H]1CCCO1)c1ccc(C)c(C)c1. The van der Waals surface area contributed by atoms with Crippen molar-refractivity contribution >= 4 is 21.6 Å². The van der Waals surface area contributed by atoms with Crippen molar-refractivity contribution < 1.29 is 22.7 Å². The van der Waals surface area contributed by atoms with Crippen LogP contribution in [-0.4, -0.2) is 47.2 Å². The van der Waals surface area contributed by atoms with Crippen molar-refractivity contribution in [2.24, 2.45) is 0 Å². The first-order chi connectivity index (χ1) is 14.7. The van der Waals surface area contributed by atoms with E-state index < -0.39 is 10.0 Å². The van der Waals surface area contributed by atoms with Gasteiger partial charge in [-0.1, -0.05) is 12.1 Å². The first-order valence-electron chi connectivity index (χ1n) is 10.4. The number of amides is 1. The number of nitrogens with zero attached hydrogens (tertiary/aromatic N) is 1. The van der Waals surface area contributed by atoms with E-state index in [-0.39, 0.29) is 29.2 Å². The zero-order chi connectivity index (χ0) is 22.6. The van der Waals surface area contributed by atoms with Gasteiger partial charge in [-0.25, -0.2) is 8.42 Å². The molecule has 8 heteroatoms. The van der Waals surface area contributed by atoms with Crippen LogP contribution in [0, 0.1) is 20.8 Å². The lowest BCUT2D eigenvalue weighted by Crippen LogP contribution is -2.43. The number of carbonyl (C=O) groups excluding carboxylic acids is 1. The second-order valence-electron chi connectivity index (χ2n) is 7.87. The summed E-state index contributed by atoms with van der Waals surface area (Å²) in [4.78, 5) is 12.8. The highest BCUT2D eigenvalue weighted by atomic mass is 32.2. The molecule has 1 amide bonds. The van der Waals surface area contributed by atoms with E-state index in [2.05, 4.69) is 5.32 Å². The highest BCUT2D eigenvalue weighted by Crippen LogP contribution is 2.31. The number of methoxy groups -OCH3 is 1. The van der Waals surface area contributed by atoms with E-state index in [4.69, 9.17) is 9.47 Å². The molecule has 0 bridgehead atoms. The van der Waals surface area contributed by atoms with Crippen LogP contribution < -0.4 is 14.4 Å². The van der Waals surface area contributed by atoms with Gasteiger partial charge in [0.2, 0.25) is 5.91 Å². The maximum Gasteiger partial charge on any atom is 0.268 e. The number of sulfonamides is 1. The molecule has 0 radical (unpaired) electrons. The third kappa shape index (κ3) is 5.37. The molecular formula is C23H30N2O5S. The summed E-state index contributed by atoms with van der Waals surface area (Å²) in [5.74, 6) is -0.150. The van der Waals surface area contributed by atoms with E-state index in [9.17, 15) is 13.2 Å². The fourth-order valence-electron chi connectivity index (χ4n) is 3.52. The van der Waals surface area contributed by atoms with Gasteiger partial charge < -0.3 is 14.8 Å². The summed E-state index contributed by atoms with van der Waals surface area (Å²) in [7, 11) is -2.64. The van der Waals surface area contributed by atoms with Gasteiger partial charge >= 0.3 is 0 Å². The van der Waals surface area contributed by atoms with Crippen LogP contribution in [0.4, 0.5) is 5.69 Å². The lowest BCUT2D eigenvalue weighted by molar-refractivity contribution is -0.120. The smallest absolute Gasteiger partial charge is 0.268 e. The summed E-state index contributed by atoms with van der Waals surface area (Å²) >= 11 is 0. The Morgan fingerprint density at radius 3 is 2.58 bits per heavy atom. The largest absolute Gasteiger partial charge is 0.495 e. The fourth-order valence-corrected chi connectivity index (χ4v) is 5.18. The van der Waals surface area contributed by atoms with Crippen molar-refractivity contribution in [1.82, 2.24) is 5.32 Å². The zero-order valence-electron chi connectivity index (χ0n) is 18.5. The maximum atomic E-state index is 13.7. The van der Waals surface area contributed by atoms with E-state index in [0.29, 0.717) is 18.8 Å². The molecule has 1 N–H and O–H groups in total. The Morgan fingerprint density at radius 1 is 1.16 bits per heavy atom. The van der Waals surface area contributed by atoms with Crippen LogP contribution in [0.2, 0.25) is 0 Å². The standard InChI is InChI=1S/C23H30N2O5S/c1-16-7-10-21(29-4)22(12-16)31(27,28)25(19-9-8-17(2)18(3)13-19)15-23(26)24-14-20-6-5-11-30-20/h7-10,12-13,20H,5-6,11,14-15H2,1-4H3,(H,24,26)/t20-/m1/s1. The second-order valence-corrected chi connectivity index (χ2v) is 9.70. The van der Waals surface area contributed by atoms with E-state index in [1.54, 1.807) is 30.3 Å². The summed E-state index contributed by atoms with van der Waals surface area (Å²) in [5, 5.41) is 2.81. The molecule has 3 rings (SSSR count). The quantitative estimate of drug-likeness (QED) is 0.674. The third-order valence-corrected chi connectivity index (χ3v) is 7.30. The molecule has 1 aliphatic rings. The molecule has 2 aromatic carbocycles. The second kappa shape index (κ2) is 9.70. The number of carbonyl (C=O) groups is 1. The molecule has 1 atom stereocenters. The minimum atomic E-state index is -4.07. The van der Waals surface area contributed by atoms with Gasteiger partial charge in [0.25, 0.3) is 10.0 Å². The number of benzene rings is 2. The molecule has 1 aliphatic heterocycles. The molecule has 0 aromatic heterocycles. The number of anilines is 1. The average molecular weight is 447 g/mol. The molecule has 0 saturated carbocycles. The summed E-state index contributed by atoms with van der Waals surface area (Å²) < 4.78 is 39.4. The van der Waals surface area contributed by atoms with Gasteiger partial charge in [-0.05, 0) is 74.6 Å². The number of rotatable bonds is 8. The molecule has 2 aromatic rings. The number of ether oxygens (including phenoxy) is 2. The van der Waals surface area contributed by atoms with Gasteiger partial charge in [0.1, 0.15) is 17.2 Å². The van der Waals surface area contributed by atoms with Crippen LogP contribution in [0.3, 0.4) is 0 Å². The van der Waals surface area contributed by atoms with Crippen molar-refractivity contribution in [3.8, 4) is 5.75 Å². The number of aryl methyl sites for hydroxylation is 3. The number of hydrogen-bond donors (Lipinski definition) is 1. The normalized spacial score (nSPS) is 16.2. The average Bonchev–Trinajstić information content (AvgIpc) is 3.26. The summed E-state index contributed by atoms with van der Waals surface area (Å²) in [6.07, 6.45) is 1.84. The Hall–Kier alpha value is -2.58. The van der Waals surface area contributed by atoms with Crippen LogP contribution in [-0.2, 0) is 19.6 Å².